The lowest BCUT2D eigenvalue weighted by Crippen LogP contribution is -2.33. The zero-order valence-corrected chi connectivity index (χ0v) is 13.3. The summed E-state index contributed by atoms with van der Waals surface area (Å²) in [5, 5.41) is 0. The van der Waals surface area contributed by atoms with Gasteiger partial charge in [0.2, 0.25) is 0 Å². The van der Waals surface area contributed by atoms with E-state index >= 15 is 0 Å². The molecule has 5 heteroatoms. The van der Waals surface area contributed by atoms with Gasteiger partial charge in [-0.15, -0.1) is 0 Å². The maximum atomic E-state index is 13.0. The van der Waals surface area contributed by atoms with Crippen LogP contribution in [-0.4, -0.2) is 25.4 Å². The fraction of sp³-hybridized carbons (Fsp3) is 0.556. The van der Waals surface area contributed by atoms with Crippen molar-refractivity contribution in [2.75, 3.05) is 18.1 Å². The van der Waals surface area contributed by atoms with Gasteiger partial charge < -0.3 is 9.64 Å². The number of halogens is 3. The van der Waals surface area contributed by atoms with E-state index in [-0.39, 0.29) is 12.8 Å². The van der Waals surface area contributed by atoms with Crippen LogP contribution >= 0.6 is 0 Å². The molecule has 124 valence electrons. The summed E-state index contributed by atoms with van der Waals surface area (Å²) in [6.07, 6.45) is -4.04. The van der Waals surface area contributed by atoms with Gasteiger partial charge in [0, 0.05) is 29.4 Å². The highest BCUT2D eigenvalue weighted by Crippen LogP contribution is 2.57. The Bertz CT molecular complexity index is 650. The first-order valence-corrected chi connectivity index (χ1v) is 7.90. The van der Waals surface area contributed by atoms with Crippen LogP contribution in [0.25, 0.3) is 0 Å². The predicted molar refractivity (Wildman–Crippen MR) is 83.2 cm³/mol. The second-order valence-corrected chi connectivity index (χ2v) is 6.47. The second-order valence-electron chi connectivity index (χ2n) is 6.47. The van der Waals surface area contributed by atoms with E-state index in [2.05, 4.69) is 30.6 Å². The van der Waals surface area contributed by atoms with Crippen molar-refractivity contribution in [2.24, 2.45) is 5.41 Å². The Hall–Kier alpha value is -1.67. The predicted octanol–water partition coefficient (Wildman–Crippen LogP) is 4.13. The third-order valence-corrected chi connectivity index (χ3v) is 4.54. The number of rotatable bonds is 1. The number of nitrogens with zero attached hydrogens (tertiary/aromatic N) is 1. The minimum Gasteiger partial charge on any atom is -0.375 e. The lowest BCUT2D eigenvalue weighted by Gasteiger charge is -2.28. The van der Waals surface area contributed by atoms with E-state index < -0.39 is 11.6 Å². The highest BCUT2D eigenvalue weighted by molar-refractivity contribution is 5.61. The van der Waals surface area contributed by atoms with Crippen molar-refractivity contribution >= 4 is 5.69 Å². The van der Waals surface area contributed by atoms with Crippen LogP contribution in [0.3, 0.4) is 0 Å². The summed E-state index contributed by atoms with van der Waals surface area (Å²) in [5.41, 5.74) is 0.759. The molecule has 1 fully saturated rings. The van der Waals surface area contributed by atoms with E-state index in [9.17, 15) is 13.2 Å². The topological polar surface area (TPSA) is 12.5 Å². The fourth-order valence-electron chi connectivity index (χ4n) is 2.90. The molecule has 1 heterocycles. The summed E-state index contributed by atoms with van der Waals surface area (Å²) in [4.78, 5) is 2.21. The molecule has 1 aliphatic carbocycles. The lowest BCUT2D eigenvalue weighted by atomic mass is 10.0. The third kappa shape index (κ3) is 3.05. The summed E-state index contributed by atoms with van der Waals surface area (Å²) < 4.78 is 44.7. The van der Waals surface area contributed by atoms with E-state index in [4.69, 9.17) is 4.74 Å². The molecule has 0 radical (unpaired) electrons. The van der Waals surface area contributed by atoms with Gasteiger partial charge in [-0.2, -0.15) is 13.2 Å². The molecule has 1 aromatic rings. The van der Waals surface area contributed by atoms with Gasteiger partial charge in [-0.25, -0.2) is 0 Å². The average molecular weight is 323 g/mol. The summed E-state index contributed by atoms with van der Waals surface area (Å²) in [6, 6.07) is 5.93. The Kier molecular flexibility index (Phi) is 4.05. The minimum absolute atomic E-state index is 0.104. The molecule has 0 aromatic heterocycles. The molecule has 2 nitrogen and oxygen atoms in total. The molecule has 0 bridgehead atoms. The average Bonchev–Trinajstić information content (AvgIpc) is 3.28. The quantitative estimate of drug-likeness (QED) is 0.721. The normalized spacial score (nSPS) is 19.7. The van der Waals surface area contributed by atoms with Gasteiger partial charge in [0.15, 0.2) is 0 Å². The van der Waals surface area contributed by atoms with E-state index in [0.717, 1.165) is 17.8 Å². The van der Waals surface area contributed by atoms with Gasteiger partial charge >= 0.3 is 6.18 Å². The molecule has 0 amide bonds. The highest BCUT2D eigenvalue weighted by atomic mass is 19.4. The molecule has 0 N–H and O–H groups in total. The summed E-state index contributed by atoms with van der Waals surface area (Å²) in [5.74, 6) is 5.28. The van der Waals surface area contributed by atoms with Crippen molar-refractivity contribution in [3.63, 3.8) is 0 Å². The van der Waals surface area contributed by atoms with Gasteiger partial charge in [-0.3, -0.25) is 0 Å². The van der Waals surface area contributed by atoms with Crippen molar-refractivity contribution < 1.29 is 17.9 Å². The molecule has 2 aliphatic rings. The Morgan fingerprint density at radius 2 is 2.00 bits per heavy atom. The Labute approximate surface area is 134 Å². The largest absolute Gasteiger partial charge is 0.405 e. The second kappa shape index (κ2) is 5.76. The van der Waals surface area contributed by atoms with Crippen LogP contribution in [0.1, 0.15) is 37.8 Å². The summed E-state index contributed by atoms with van der Waals surface area (Å²) in [6.45, 7) is 5.95. The first-order valence-electron chi connectivity index (χ1n) is 7.90. The number of alkyl halides is 3. The van der Waals surface area contributed by atoms with Gasteiger partial charge in [0.05, 0.1) is 13.2 Å². The monoisotopic (exact) mass is 323 g/mol. The SMILES string of the molecule is CC(C)N1CCOCc2c(C#CC3(C(F)(F)F)CC3)cccc21. The van der Waals surface area contributed by atoms with Gasteiger partial charge in [0.25, 0.3) is 0 Å². The Morgan fingerprint density at radius 3 is 2.61 bits per heavy atom. The zero-order valence-electron chi connectivity index (χ0n) is 13.3. The van der Waals surface area contributed by atoms with Crippen molar-refractivity contribution in [3.05, 3.63) is 29.3 Å². The molecular formula is C18H20F3NO. The van der Waals surface area contributed by atoms with Crippen molar-refractivity contribution in [3.8, 4) is 11.8 Å². The standard InChI is InChI=1S/C18H20F3NO/c1-13(2)22-10-11-23-12-15-14(4-3-5-16(15)22)6-7-17(8-9-17)18(19,20)21/h3-5,13H,8-12H2,1-2H3. The van der Waals surface area contributed by atoms with Gasteiger partial charge in [-0.1, -0.05) is 17.9 Å². The van der Waals surface area contributed by atoms with E-state index in [1.165, 1.54) is 0 Å². The molecule has 23 heavy (non-hydrogen) atoms. The van der Waals surface area contributed by atoms with Gasteiger partial charge in [0.1, 0.15) is 5.41 Å². The van der Waals surface area contributed by atoms with Crippen LogP contribution in [0.5, 0.6) is 0 Å². The summed E-state index contributed by atoms with van der Waals surface area (Å²) >= 11 is 0. The molecule has 1 saturated carbocycles. The molecule has 0 saturated heterocycles. The first kappa shape index (κ1) is 16.2. The van der Waals surface area contributed by atoms with Gasteiger partial charge in [-0.05, 0) is 38.8 Å². The van der Waals surface area contributed by atoms with Crippen LogP contribution in [0.2, 0.25) is 0 Å². The first-order chi connectivity index (χ1) is 10.8. The minimum atomic E-state index is -4.24. The molecule has 3 rings (SSSR count). The van der Waals surface area contributed by atoms with Crippen LogP contribution in [0.4, 0.5) is 18.9 Å². The van der Waals surface area contributed by atoms with Crippen LogP contribution < -0.4 is 4.90 Å². The molecule has 1 aliphatic heterocycles. The molecule has 1 aromatic carbocycles. The molecule has 0 spiro atoms. The van der Waals surface area contributed by atoms with Crippen molar-refractivity contribution in [1.29, 1.82) is 0 Å². The van der Waals surface area contributed by atoms with Crippen LogP contribution in [-0.2, 0) is 11.3 Å². The number of hydrogen-bond acceptors (Lipinski definition) is 2. The molecular weight excluding hydrogens is 303 g/mol. The maximum Gasteiger partial charge on any atom is 0.405 e. The van der Waals surface area contributed by atoms with E-state index in [0.29, 0.717) is 24.8 Å². The number of anilines is 1. The van der Waals surface area contributed by atoms with Crippen molar-refractivity contribution in [1.82, 2.24) is 0 Å². The number of benzene rings is 1. The fourth-order valence-corrected chi connectivity index (χ4v) is 2.90. The Balaban J connectivity index is 1.99. The maximum absolute atomic E-state index is 13.0. The summed E-state index contributed by atoms with van der Waals surface area (Å²) in [7, 11) is 0. The highest BCUT2D eigenvalue weighted by Gasteiger charge is 2.62. The zero-order chi connectivity index (χ0) is 16.7. The van der Waals surface area contributed by atoms with Crippen LogP contribution in [0.15, 0.2) is 18.2 Å². The molecule has 0 unspecified atom stereocenters. The van der Waals surface area contributed by atoms with Crippen molar-refractivity contribution in [2.45, 2.75) is 45.5 Å². The van der Waals surface area contributed by atoms with Crippen LogP contribution in [0, 0.1) is 17.3 Å². The third-order valence-electron chi connectivity index (χ3n) is 4.54. The Morgan fingerprint density at radius 1 is 1.26 bits per heavy atom. The van der Waals surface area contributed by atoms with E-state index in [1.807, 2.05) is 12.1 Å². The van der Waals surface area contributed by atoms with E-state index in [1.54, 1.807) is 6.07 Å². The smallest absolute Gasteiger partial charge is 0.375 e. The number of fused-ring (bicyclic) bond motifs is 1. The lowest BCUT2D eigenvalue weighted by molar-refractivity contribution is -0.168. The molecule has 0 atom stereocenters. The number of ether oxygens (including phenoxy) is 1. The number of hydrogen-bond donors (Lipinski definition) is 0.